The number of aromatic nitrogens is 4. The number of hydrogen-bond donors (Lipinski definition) is 1. The minimum atomic E-state index is -0.137. The zero-order valence-electron chi connectivity index (χ0n) is 16.7. The number of nitrogens with zero attached hydrogens (tertiary/aromatic N) is 5. The van der Waals surface area contributed by atoms with Crippen molar-refractivity contribution in [3.05, 3.63) is 60.2 Å². The van der Waals surface area contributed by atoms with Gasteiger partial charge in [0.15, 0.2) is 0 Å². The van der Waals surface area contributed by atoms with Crippen LogP contribution in [0.5, 0.6) is 0 Å². The van der Waals surface area contributed by atoms with Gasteiger partial charge >= 0.3 is 0 Å². The Morgan fingerprint density at radius 2 is 2.03 bits per heavy atom. The molecule has 0 spiro atoms. The fourth-order valence-corrected chi connectivity index (χ4v) is 4.20. The lowest BCUT2D eigenvalue weighted by Gasteiger charge is -2.31. The molecule has 0 bridgehead atoms. The second-order valence-electron chi connectivity index (χ2n) is 7.84. The molecule has 1 amide bonds. The van der Waals surface area contributed by atoms with Crippen molar-refractivity contribution < 1.29 is 4.79 Å². The van der Waals surface area contributed by atoms with Crippen molar-refractivity contribution in [2.45, 2.75) is 25.3 Å². The number of hydrogen-bond acceptors (Lipinski definition) is 4. The van der Waals surface area contributed by atoms with Crippen LogP contribution in [0.4, 0.5) is 5.69 Å². The van der Waals surface area contributed by atoms with Crippen molar-refractivity contribution >= 4 is 28.1 Å². The maximum Gasteiger partial charge on any atom is 0.255 e. The van der Waals surface area contributed by atoms with E-state index in [1.54, 1.807) is 10.9 Å². The highest BCUT2D eigenvalue weighted by molar-refractivity contribution is 6.06. The fraction of sp³-hybridized carbons (Fsp3) is 0.318. The van der Waals surface area contributed by atoms with E-state index in [1.165, 1.54) is 12.8 Å². The van der Waals surface area contributed by atoms with Gasteiger partial charge in [0.25, 0.3) is 5.91 Å². The van der Waals surface area contributed by atoms with Crippen molar-refractivity contribution in [2.75, 3.05) is 18.9 Å². The quantitative estimate of drug-likeness (QED) is 0.582. The number of carbonyl (C=O) groups is 1. The molecule has 1 saturated heterocycles. The number of amides is 1. The molecule has 3 aromatic heterocycles. The normalized spacial score (nSPS) is 17.8. The van der Waals surface area contributed by atoms with E-state index in [1.807, 2.05) is 48.0 Å². The molecule has 7 heteroatoms. The first kappa shape index (κ1) is 17.9. The van der Waals surface area contributed by atoms with Gasteiger partial charge in [-0.2, -0.15) is 5.10 Å². The van der Waals surface area contributed by atoms with Crippen LogP contribution in [0.1, 0.15) is 41.4 Å². The number of fused-ring (bicyclic) bond motifs is 2. The molecular formula is C22H24N6O. The maximum absolute atomic E-state index is 12.7. The summed E-state index contributed by atoms with van der Waals surface area (Å²) in [4.78, 5) is 19.9. The van der Waals surface area contributed by atoms with Crippen LogP contribution < -0.4 is 5.32 Å². The average Bonchev–Trinajstić information content (AvgIpc) is 3.31. The molecule has 0 radical (unpaired) electrons. The van der Waals surface area contributed by atoms with E-state index >= 15 is 0 Å². The molecule has 0 aliphatic carbocycles. The number of anilines is 1. The summed E-state index contributed by atoms with van der Waals surface area (Å²) in [6.07, 6.45) is 9.41. The average molecular weight is 388 g/mol. The summed E-state index contributed by atoms with van der Waals surface area (Å²) in [5, 5.41) is 8.18. The summed E-state index contributed by atoms with van der Waals surface area (Å²) in [7, 11) is 4.06. The van der Waals surface area contributed by atoms with Gasteiger partial charge < -0.3 is 9.72 Å². The van der Waals surface area contributed by atoms with E-state index in [0.717, 1.165) is 40.9 Å². The standard InChI is InChI=1S/C22H24N6O/c1-26-10-4-3-5-20(26)18-14-28-13-17(7-9-21(28)25-18)24-22(29)15-6-8-19-16(11-15)12-23-27(19)2/h6-9,11-14,20H,3-5,10H2,1-2H3,(H,24,29)/t20-/m0/s1. The minimum Gasteiger partial charge on any atom is -0.321 e. The van der Waals surface area contributed by atoms with Crippen LogP contribution in [-0.4, -0.2) is 43.6 Å². The number of rotatable bonds is 3. The summed E-state index contributed by atoms with van der Waals surface area (Å²) in [6, 6.07) is 9.83. The molecule has 5 rings (SSSR count). The Morgan fingerprint density at radius 1 is 1.14 bits per heavy atom. The lowest BCUT2D eigenvalue weighted by Crippen LogP contribution is -2.29. The maximum atomic E-state index is 12.7. The number of piperidine rings is 1. The number of carbonyl (C=O) groups excluding carboxylic acids is 1. The summed E-state index contributed by atoms with van der Waals surface area (Å²) < 4.78 is 3.79. The first-order valence-electron chi connectivity index (χ1n) is 10.0. The van der Waals surface area contributed by atoms with Crippen LogP contribution in [0.15, 0.2) is 48.9 Å². The fourth-order valence-electron chi connectivity index (χ4n) is 4.20. The minimum absolute atomic E-state index is 0.137. The highest BCUT2D eigenvalue weighted by atomic mass is 16.1. The highest BCUT2D eigenvalue weighted by Crippen LogP contribution is 2.29. The van der Waals surface area contributed by atoms with Crippen LogP contribution in [0.3, 0.4) is 0 Å². The molecule has 4 heterocycles. The van der Waals surface area contributed by atoms with Crippen LogP contribution in [0.2, 0.25) is 0 Å². The summed E-state index contributed by atoms with van der Waals surface area (Å²) in [5.74, 6) is -0.137. The van der Waals surface area contributed by atoms with Crippen molar-refractivity contribution in [1.29, 1.82) is 0 Å². The molecule has 1 atom stereocenters. The zero-order valence-corrected chi connectivity index (χ0v) is 16.7. The van der Waals surface area contributed by atoms with Crippen molar-refractivity contribution in [3.63, 3.8) is 0 Å². The summed E-state index contributed by atoms with van der Waals surface area (Å²) in [5.41, 5.74) is 4.35. The third-order valence-corrected chi connectivity index (χ3v) is 5.85. The summed E-state index contributed by atoms with van der Waals surface area (Å²) >= 11 is 0. The van der Waals surface area contributed by atoms with E-state index < -0.39 is 0 Å². The molecule has 7 nitrogen and oxygen atoms in total. The van der Waals surface area contributed by atoms with E-state index in [4.69, 9.17) is 4.98 Å². The Morgan fingerprint density at radius 3 is 2.90 bits per heavy atom. The first-order chi connectivity index (χ1) is 14.1. The van der Waals surface area contributed by atoms with Gasteiger partial charge in [-0.15, -0.1) is 0 Å². The van der Waals surface area contributed by atoms with Crippen LogP contribution >= 0.6 is 0 Å². The second-order valence-corrected chi connectivity index (χ2v) is 7.84. The molecule has 148 valence electrons. The Balaban J connectivity index is 1.38. The Hall–Kier alpha value is -3.19. The summed E-state index contributed by atoms with van der Waals surface area (Å²) in [6.45, 7) is 1.11. The largest absolute Gasteiger partial charge is 0.321 e. The molecule has 1 N–H and O–H groups in total. The monoisotopic (exact) mass is 388 g/mol. The zero-order chi connectivity index (χ0) is 20.0. The number of benzene rings is 1. The molecule has 1 aliphatic rings. The third kappa shape index (κ3) is 3.27. The van der Waals surface area contributed by atoms with Crippen LogP contribution in [-0.2, 0) is 7.05 Å². The lowest BCUT2D eigenvalue weighted by atomic mass is 10.0. The molecule has 0 unspecified atom stereocenters. The topological polar surface area (TPSA) is 67.5 Å². The van der Waals surface area contributed by atoms with Crippen molar-refractivity contribution in [1.82, 2.24) is 24.1 Å². The third-order valence-electron chi connectivity index (χ3n) is 5.85. The van der Waals surface area contributed by atoms with Crippen molar-refractivity contribution in [3.8, 4) is 0 Å². The lowest BCUT2D eigenvalue weighted by molar-refractivity contribution is 0.102. The Kier molecular flexibility index (Phi) is 4.32. The van der Waals surface area contributed by atoms with Crippen LogP contribution in [0, 0.1) is 0 Å². The molecule has 4 aromatic rings. The molecular weight excluding hydrogens is 364 g/mol. The Labute approximate surface area is 169 Å². The Bertz CT molecular complexity index is 1210. The van der Waals surface area contributed by atoms with Gasteiger partial charge in [0, 0.05) is 30.4 Å². The van der Waals surface area contributed by atoms with Gasteiger partial charge in [-0.1, -0.05) is 6.42 Å². The molecule has 1 fully saturated rings. The number of aryl methyl sites for hydroxylation is 1. The molecule has 0 saturated carbocycles. The molecule has 1 aliphatic heterocycles. The molecule has 29 heavy (non-hydrogen) atoms. The number of nitrogens with one attached hydrogen (secondary N) is 1. The van der Waals surface area contributed by atoms with Gasteiger partial charge in [-0.25, -0.2) is 4.98 Å². The van der Waals surface area contributed by atoms with E-state index in [9.17, 15) is 4.79 Å². The highest BCUT2D eigenvalue weighted by Gasteiger charge is 2.23. The van der Waals surface area contributed by atoms with E-state index in [0.29, 0.717) is 11.6 Å². The smallest absolute Gasteiger partial charge is 0.255 e. The van der Waals surface area contributed by atoms with Crippen LogP contribution in [0.25, 0.3) is 16.6 Å². The van der Waals surface area contributed by atoms with E-state index in [2.05, 4.69) is 28.6 Å². The van der Waals surface area contributed by atoms with Gasteiger partial charge in [0.2, 0.25) is 0 Å². The van der Waals surface area contributed by atoms with Gasteiger partial charge in [0.05, 0.1) is 29.1 Å². The predicted molar refractivity (Wildman–Crippen MR) is 113 cm³/mol. The van der Waals surface area contributed by atoms with Gasteiger partial charge in [0.1, 0.15) is 5.65 Å². The van der Waals surface area contributed by atoms with Gasteiger partial charge in [-0.3, -0.25) is 14.4 Å². The van der Waals surface area contributed by atoms with Crippen molar-refractivity contribution in [2.24, 2.45) is 7.05 Å². The second kappa shape index (κ2) is 7.00. The predicted octanol–water partition coefficient (Wildman–Crippen LogP) is 3.63. The molecule has 1 aromatic carbocycles. The van der Waals surface area contributed by atoms with E-state index in [-0.39, 0.29) is 5.91 Å². The SMILES string of the molecule is CN1CCCC[C@H]1c1cn2cc(NC(=O)c3ccc4c(cnn4C)c3)ccc2n1. The number of pyridine rings is 1. The number of imidazole rings is 1. The first-order valence-corrected chi connectivity index (χ1v) is 10.0. The number of likely N-dealkylation sites (tertiary alicyclic amines) is 1. The van der Waals surface area contributed by atoms with Gasteiger partial charge in [-0.05, 0) is 56.8 Å².